The van der Waals surface area contributed by atoms with E-state index in [9.17, 15) is 17.4 Å². The van der Waals surface area contributed by atoms with Gasteiger partial charge in [0.1, 0.15) is 5.01 Å². The molecule has 0 aliphatic heterocycles. The van der Waals surface area contributed by atoms with Crippen LogP contribution in [0.4, 0.5) is 13.2 Å². The Hall–Kier alpha value is -1.29. The predicted molar refractivity (Wildman–Crippen MR) is 79.2 cm³/mol. The Morgan fingerprint density at radius 2 is 1.82 bits per heavy atom. The second kappa shape index (κ2) is 6.07. The molecule has 22 heavy (non-hydrogen) atoms. The van der Waals surface area contributed by atoms with Gasteiger partial charge in [-0.15, -0.1) is 11.3 Å². The first-order chi connectivity index (χ1) is 10.1. The minimum absolute atomic E-state index is 0.103. The fraction of sp³-hybridized carbons (Fsp3) is 0.308. The van der Waals surface area contributed by atoms with Crippen LogP contribution < -0.4 is 0 Å². The summed E-state index contributed by atoms with van der Waals surface area (Å²) in [5, 5.41) is 0.103. The van der Waals surface area contributed by atoms with E-state index in [1.54, 1.807) is 0 Å². The van der Waals surface area contributed by atoms with Crippen molar-refractivity contribution in [3.63, 3.8) is 0 Å². The number of hydrogen-bond acceptors (Lipinski definition) is 3. The van der Waals surface area contributed by atoms with Gasteiger partial charge in [-0.05, 0) is 19.4 Å². The lowest BCUT2D eigenvalue weighted by molar-refractivity contribution is -0.235. The average Bonchev–Trinajstić information content (AvgIpc) is 2.87. The van der Waals surface area contributed by atoms with Crippen LogP contribution in [0.3, 0.4) is 0 Å². The standard InChI is InChI=1S/C13H13F3N2O2S2/c1-12(2,18(22(19)20)13(14,15)16)11-17-8-10(21-11)9-6-4-3-5-7-9/h3-8H,1-2H3,(H,19,20). The molecule has 9 heteroatoms. The monoisotopic (exact) mass is 350 g/mol. The van der Waals surface area contributed by atoms with E-state index >= 15 is 0 Å². The fourth-order valence-electron chi connectivity index (χ4n) is 1.98. The van der Waals surface area contributed by atoms with Crippen molar-refractivity contribution in [2.45, 2.75) is 25.7 Å². The molecule has 2 aromatic rings. The van der Waals surface area contributed by atoms with E-state index in [0.29, 0.717) is 4.88 Å². The molecular weight excluding hydrogens is 337 g/mol. The van der Waals surface area contributed by atoms with Gasteiger partial charge in [0.15, 0.2) is 0 Å². The van der Waals surface area contributed by atoms with E-state index in [0.717, 1.165) is 16.9 Å². The molecule has 0 bridgehead atoms. The van der Waals surface area contributed by atoms with Crippen LogP contribution in [-0.4, -0.2) is 24.4 Å². The van der Waals surface area contributed by atoms with Crippen molar-refractivity contribution in [2.24, 2.45) is 0 Å². The van der Waals surface area contributed by atoms with Gasteiger partial charge in [-0.25, -0.2) is 9.19 Å². The Bertz CT molecular complexity index is 671. The maximum atomic E-state index is 13.0. The SMILES string of the molecule is CC(C)(c1ncc(-c2ccccc2)s1)N(S(=O)O)C(F)(F)F. The third kappa shape index (κ3) is 3.37. The third-order valence-corrected chi connectivity index (χ3v) is 5.32. The predicted octanol–water partition coefficient (Wildman–Crippen LogP) is 4.00. The van der Waals surface area contributed by atoms with Gasteiger partial charge in [0, 0.05) is 6.20 Å². The van der Waals surface area contributed by atoms with Gasteiger partial charge < -0.3 is 0 Å². The zero-order chi connectivity index (χ0) is 16.5. The molecule has 0 aliphatic rings. The molecule has 1 N–H and O–H groups in total. The topological polar surface area (TPSA) is 53.4 Å². The van der Waals surface area contributed by atoms with Crippen molar-refractivity contribution in [1.82, 2.24) is 9.29 Å². The van der Waals surface area contributed by atoms with E-state index in [4.69, 9.17) is 4.55 Å². The normalized spacial score (nSPS) is 14.3. The number of alkyl halides is 3. The Labute approximate surface area is 132 Å². The van der Waals surface area contributed by atoms with Crippen LogP contribution in [0.5, 0.6) is 0 Å². The second-order valence-electron chi connectivity index (χ2n) is 4.95. The molecule has 0 amide bonds. The number of hydrogen-bond donors (Lipinski definition) is 1. The highest BCUT2D eigenvalue weighted by Crippen LogP contribution is 2.40. The van der Waals surface area contributed by atoms with Crippen molar-refractivity contribution in [1.29, 1.82) is 0 Å². The lowest BCUT2D eigenvalue weighted by Crippen LogP contribution is -2.50. The maximum absolute atomic E-state index is 13.0. The third-order valence-electron chi connectivity index (χ3n) is 2.98. The smallest absolute Gasteiger partial charge is 0.293 e. The maximum Gasteiger partial charge on any atom is 0.474 e. The summed E-state index contributed by atoms with van der Waals surface area (Å²) in [6.45, 7) is 2.42. The van der Waals surface area contributed by atoms with Gasteiger partial charge >= 0.3 is 6.30 Å². The number of halogens is 3. The van der Waals surface area contributed by atoms with Crippen LogP contribution in [0.1, 0.15) is 18.9 Å². The molecule has 1 aromatic heterocycles. The molecular formula is C13H13F3N2O2S2. The fourth-order valence-corrected chi connectivity index (χ4v) is 3.71. The van der Waals surface area contributed by atoms with E-state index < -0.39 is 27.4 Å². The van der Waals surface area contributed by atoms with Crippen molar-refractivity contribution in [2.75, 3.05) is 0 Å². The molecule has 4 nitrogen and oxygen atoms in total. The Morgan fingerprint density at radius 3 is 2.32 bits per heavy atom. The van der Waals surface area contributed by atoms with Gasteiger partial charge in [0.05, 0.1) is 10.4 Å². The van der Waals surface area contributed by atoms with Crippen LogP contribution in [0.2, 0.25) is 0 Å². The summed E-state index contributed by atoms with van der Waals surface area (Å²) in [4.78, 5) is 4.70. The zero-order valence-corrected chi connectivity index (χ0v) is 13.3. The second-order valence-corrected chi connectivity index (χ2v) is 6.80. The van der Waals surface area contributed by atoms with Crippen molar-refractivity contribution >= 4 is 22.6 Å². The average molecular weight is 350 g/mol. The van der Waals surface area contributed by atoms with Crippen LogP contribution in [0.25, 0.3) is 10.4 Å². The van der Waals surface area contributed by atoms with Crippen molar-refractivity contribution in [3.05, 3.63) is 41.5 Å². The Kier molecular flexibility index (Phi) is 4.71. The molecule has 1 unspecified atom stereocenters. The quantitative estimate of drug-likeness (QED) is 0.670. The first-order valence-corrected chi connectivity index (χ1v) is 8.02. The summed E-state index contributed by atoms with van der Waals surface area (Å²) >= 11 is -2.15. The molecule has 0 saturated carbocycles. The molecule has 120 valence electrons. The lowest BCUT2D eigenvalue weighted by atomic mass is 10.1. The minimum Gasteiger partial charge on any atom is -0.293 e. The van der Waals surface area contributed by atoms with E-state index in [2.05, 4.69) is 4.98 Å². The van der Waals surface area contributed by atoms with Gasteiger partial charge in [0.25, 0.3) is 0 Å². The zero-order valence-electron chi connectivity index (χ0n) is 11.7. The Balaban J connectivity index is 2.42. The van der Waals surface area contributed by atoms with Gasteiger partial charge in [0.2, 0.25) is 11.3 Å². The van der Waals surface area contributed by atoms with Crippen LogP contribution in [0, 0.1) is 0 Å². The van der Waals surface area contributed by atoms with Crippen molar-refractivity contribution < 1.29 is 21.9 Å². The lowest BCUT2D eigenvalue weighted by Gasteiger charge is -2.34. The van der Waals surface area contributed by atoms with Gasteiger partial charge in [-0.1, -0.05) is 34.6 Å². The molecule has 1 aromatic carbocycles. The van der Waals surface area contributed by atoms with Gasteiger partial charge in [-0.3, -0.25) is 4.55 Å². The molecule has 1 atom stereocenters. The highest BCUT2D eigenvalue weighted by Gasteiger charge is 2.52. The number of nitrogens with zero attached hydrogens (tertiary/aromatic N) is 2. The molecule has 0 saturated heterocycles. The van der Waals surface area contributed by atoms with Crippen LogP contribution in [0.15, 0.2) is 36.5 Å². The minimum atomic E-state index is -4.96. The van der Waals surface area contributed by atoms with Crippen LogP contribution in [-0.2, 0) is 16.8 Å². The summed E-state index contributed by atoms with van der Waals surface area (Å²) in [6, 6.07) is 9.08. The number of thiazole rings is 1. The highest BCUT2D eigenvalue weighted by molar-refractivity contribution is 7.76. The van der Waals surface area contributed by atoms with E-state index in [1.807, 2.05) is 30.3 Å². The van der Waals surface area contributed by atoms with Crippen molar-refractivity contribution in [3.8, 4) is 10.4 Å². The summed E-state index contributed by atoms with van der Waals surface area (Å²) < 4.78 is 58.8. The van der Waals surface area contributed by atoms with Gasteiger partial charge in [-0.2, -0.15) is 13.2 Å². The molecule has 0 aliphatic carbocycles. The summed E-state index contributed by atoms with van der Waals surface area (Å²) in [5.74, 6) is 0. The molecule has 0 spiro atoms. The van der Waals surface area contributed by atoms with E-state index in [1.165, 1.54) is 20.0 Å². The number of aromatic nitrogens is 1. The molecule has 0 radical (unpaired) electrons. The van der Waals surface area contributed by atoms with Crippen LogP contribution >= 0.6 is 11.3 Å². The first kappa shape index (κ1) is 17.1. The summed E-state index contributed by atoms with van der Waals surface area (Å²) in [5.41, 5.74) is -0.944. The molecule has 1 heterocycles. The largest absolute Gasteiger partial charge is 0.474 e. The summed E-state index contributed by atoms with van der Waals surface area (Å²) in [7, 11) is 0. The molecule has 0 fully saturated rings. The first-order valence-electron chi connectivity index (χ1n) is 6.14. The molecule has 2 rings (SSSR count). The van der Waals surface area contributed by atoms with E-state index in [-0.39, 0.29) is 5.01 Å². The number of rotatable bonds is 4. The highest BCUT2D eigenvalue weighted by atomic mass is 32.2. The Morgan fingerprint density at radius 1 is 1.23 bits per heavy atom. The summed E-state index contributed by atoms with van der Waals surface area (Å²) in [6.07, 6.45) is -3.49. The number of benzene rings is 1.